The molecule has 0 aromatic heterocycles. The number of amides is 2. The highest BCUT2D eigenvalue weighted by molar-refractivity contribution is 5.88. The van der Waals surface area contributed by atoms with E-state index in [1.807, 2.05) is 91.9 Å². The monoisotopic (exact) mass is 430 g/mol. The molecule has 3 aromatic carbocycles. The predicted molar refractivity (Wildman–Crippen MR) is 126 cm³/mol. The van der Waals surface area contributed by atoms with E-state index in [0.29, 0.717) is 25.9 Å². The van der Waals surface area contributed by atoms with Gasteiger partial charge in [-0.25, -0.2) is 0 Å². The van der Waals surface area contributed by atoms with E-state index in [-0.39, 0.29) is 11.8 Å². The number of aryl methyl sites for hydroxylation is 1. The van der Waals surface area contributed by atoms with E-state index < -0.39 is 6.04 Å². The van der Waals surface area contributed by atoms with Gasteiger partial charge >= 0.3 is 0 Å². The second-order valence-corrected chi connectivity index (χ2v) is 7.56. The molecule has 0 spiro atoms. The summed E-state index contributed by atoms with van der Waals surface area (Å²) in [5.41, 5.74) is 2.82. The quantitative estimate of drug-likeness (QED) is 0.514. The summed E-state index contributed by atoms with van der Waals surface area (Å²) in [4.78, 5) is 28.3. The smallest absolute Gasteiger partial charge is 0.247 e. The van der Waals surface area contributed by atoms with Crippen LogP contribution in [0.1, 0.15) is 36.1 Å². The lowest BCUT2D eigenvalue weighted by molar-refractivity contribution is -0.141. The maximum atomic E-state index is 13.5. The Kier molecular flexibility index (Phi) is 8.44. The number of rotatable bonds is 10. The molecule has 1 N–H and O–H groups in total. The van der Waals surface area contributed by atoms with Crippen LogP contribution in [-0.4, -0.2) is 30.4 Å². The molecule has 0 radical (unpaired) electrons. The van der Waals surface area contributed by atoms with Crippen molar-refractivity contribution in [3.8, 4) is 5.75 Å². The van der Waals surface area contributed by atoms with Crippen LogP contribution in [0.15, 0.2) is 84.9 Å². The van der Waals surface area contributed by atoms with Gasteiger partial charge in [0.05, 0.1) is 7.11 Å². The molecule has 5 nitrogen and oxygen atoms in total. The highest BCUT2D eigenvalue weighted by Crippen LogP contribution is 2.25. The van der Waals surface area contributed by atoms with Crippen LogP contribution in [0.5, 0.6) is 5.75 Å². The van der Waals surface area contributed by atoms with Crippen LogP contribution < -0.4 is 10.1 Å². The molecule has 0 aliphatic rings. The minimum Gasteiger partial charge on any atom is -0.497 e. The molecular formula is C27H30N2O3. The van der Waals surface area contributed by atoms with Gasteiger partial charge in [0.2, 0.25) is 11.8 Å². The van der Waals surface area contributed by atoms with Crippen LogP contribution >= 0.6 is 0 Å². The van der Waals surface area contributed by atoms with E-state index >= 15 is 0 Å². The van der Waals surface area contributed by atoms with E-state index in [9.17, 15) is 9.59 Å². The summed E-state index contributed by atoms with van der Waals surface area (Å²) < 4.78 is 5.25. The number of likely N-dealkylation sites (N-methyl/N-ethyl adjacent to an activating group) is 1. The maximum absolute atomic E-state index is 13.5. The average molecular weight is 431 g/mol. The number of ether oxygens (including phenoxy) is 1. The van der Waals surface area contributed by atoms with Crippen molar-refractivity contribution >= 4 is 11.8 Å². The van der Waals surface area contributed by atoms with Gasteiger partial charge in [-0.15, -0.1) is 0 Å². The van der Waals surface area contributed by atoms with E-state index in [4.69, 9.17) is 4.74 Å². The molecule has 0 saturated heterocycles. The van der Waals surface area contributed by atoms with Gasteiger partial charge in [0, 0.05) is 19.5 Å². The second kappa shape index (κ2) is 11.7. The van der Waals surface area contributed by atoms with Crippen molar-refractivity contribution < 1.29 is 14.3 Å². The Morgan fingerprint density at radius 1 is 0.875 bits per heavy atom. The van der Waals surface area contributed by atoms with E-state index in [1.165, 1.54) is 0 Å². The molecule has 0 aliphatic carbocycles. The summed E-state index contributed by atoms with van der Waals surface area (Å²) >= 11 is 0. The molecule has 0 heterocycles. The number of carbonyl (C=O) groups is 2. The molecule has 166 valence electrons. The minimum atomic E-state index is -0.707. The molecular weight excluding hydrogens is 400 g/mol. The van der Waals surface area contributed by atoms with Gasteiger partial charge < -0.3 is 15.0 Å². The number of nitrogens with one attached hydrogen (secondary N) is 1. The van der Waals surface area contributed by atoms with Gasteiger partial charge in [0.25, 0.3) is 0 Å². The summed E-state index contributed by atoms with van der Waals surface area (Å²) in [7, 11) is 1.62. The third kappa shape index (κ3) is 6.20. The number of nitrogens with zero attached hydrogens (tertiary/aromatic N) is 1. The number of benzene rings is 3. The van der Waals surface area contributed by atoms with Crippen LogP contribution in [-0.2, 0) is 22.6 Å². The number of methoxy groups -OCH3 is 1. The summed E-state index contributed by atoms with van der Waals surface area (Å²) in [6, 6.07) is 26.3. The van der Waals surface area contributed by atoms with Crippen LogP contribution in [0, 0.1) is 0 Å². The van der Waals surface area contributed by atoms with Crippen molar-refractivity contribution in [1.82, 2.24) is 10.2 Å². The van der Waals surface area contributed by atoms with Crippen molar-refractivity contribution in [3.63, 3.8) is 0 Å². The largest absolute Gasteiger partial charge is 0.497 e. The van der Waals surface area contributed by atoms with Gasteiger partial charge in [0.15, 0.2) is 0 Å². The molecule has 0 bridgehead atoms. The molecule has 3 rings (SSSR count). The summed E-state index contributed by atoms with van der Waals surface area (Å²) in [5, 5.41) is 2.90. The number of hydrogen-bond acceptors (Lipinski definition) is 3. The first kappa shape index (κ1) is 23.1. The van der Waals surface area contributed by atoms with E-state index in [0.717, 1.165) is 22.4 Å². The first-order chi connectivity index (χ1) is 15.6. The lowest BCUT2D eigenvalue weighted by Crippen LogP contribution is -2.43. The summed E-state index contributed by atoms with van der Waals surface area (Å²) in [6.07, 6.45) is 0.943. The van der Waals surface area contributed by atoms with Gasteiger partial charge in [-0.3, -0.25) is 9.59 Å². The van der Waals surface area contributed by atoms with Crippen LogP contribution in [0.25, 0.3) is 0 Å². The second-order valence-electron chi connectivity index (χ2n) is 7.56. The number of carbonyl (C=O) groups excluding carboxylic acids is 2. The zero-order valence-electron chi connectivity index (χ0n) is 18.7. The normalized spacial score (nSPS) is 11.4. The lowest BCUT2D eigenvalue weighted by Gasteiger charge is -2.31. The van der Waals surface area contributed by atoms with E-state index in [1.54, 1.807) is 12.0 Å². The van der Waals surface area contributed by atoms with Crippen LogP contribution in [0.3, 0.4) is 0 Å². The molecule has 5 heteroatoms. The molecule has 0 saturated carbocycles. The fraction of sp³-hybridized carbons (Fsp3) is 0.259. The Bertz CT molecular complexity index is 988. The third-order valence-corrected chi connectivity index (χ3v) is 5.33. The zero-order valence-corrected chi connectivity index (χ0v) is 18.7. The highest BCUT2D eigenvalue weighted by atomic mass is 16.5. The van der Waals surface area contributed by atoms with Gasteiger partial charge in [-0.05, 0) is 42.2 Å². The lowest BCUT2D eigenvalue weighted by atomic mass is 10.0. The zero-order chi connectivity index (χ0) is 22.8. The molecule has 32 heavy (non-hydrogen) atoms. The Balaban J connectivity index is 1.91. The fourth-order valence-electron chi connectivity index (χ4n) is 3.67. The Morgan fingerprint density at radius 3 is 2.09 bits per heavy atom. The van der Waals surface area contributed by atoms with Crippen molar-refractivity contribution in [2.45, 2.75) is 32.4 Å². The summed E-state index contributed by atoms with van der Waals surface area (Å²) in [5.74, 6) is 0.504. The maximum Gasteiger partial charge on any atom is 0.247 e. The van der Waals surface area contributed by atoms with Crippen molar-refractivity contribution in [2.24, 2.45) is 0 Å². The van der Waals surface area contributed by atoms with Crippen molar-refractivity contribution in [3.05, 3.63) is 102 Å². The molecule has 0 fully saturated rings. The van der Waals surface area contributed by atoms with Crippen molar-refractivity contribution in [1.29, 1.82) is 0 Å². The molecule has 2 amide bonds. The standard InChI is InChI=1S/C27H30N2O3/c1-3-28-27(31)26(23-12-8-5-9-13-23)29(20-22-14-17-24(32-2)18-15-22)25(30)19-16-21-10-6-4-7-11-21/h4-15,17-18,26H,3,16,19-20H2,1-2H3,(H,28,31). The molecule has 0 aliphatic heterocycles. The van der Waals surface area contributed by atoms with Crippen molar-refractivity contribution in [2.75, 3.05) is 13.7 Å². The number of hydrogen-bond donors (Lipinski definition) is 1. The SMILES string of the molecule is CCNC(=O)C(c1ccccc1)N(Cc1ccc(OC)cc1)C(=O)CCc1ccccc1. The molecule has 3 aromatic rings. The topological polar surface area (TPSA) is 58.6 Å². The molecule has 1 unspecified atom stereocenters. The first-order valence-electron chi connectivity index (χ1n) is 10.9. The van der Waals surface area contributed by atoms with Gasteiger partial charge in [-0.2, -0.15) is 0 Å². The third-order valence-electron chi connectivity index (χ3n) is 5.33. The average Bonchev–Trinajstić information content (AvgIpc) is 2.84. The summed E-state index contributed by atoms with van der Waals surface area (Å²) in [6.45, 7) is 2.70. The van der Waals surface area contributed by atoms with E-state index in [2.05, 4.69) is 5.32 Å². The first-order valence-corrected chi connectivity index (χ1v) is 10.9. The minimum absolute atomic E-state index is 0.0650. The predicted octanol–water partition coefficient (Wildman–Crippen LogP) is 4.53. The Labute approximate surface area is 190 Å². The van der Waals surface area contributed by atoms with Crippen LogP contribution in [0.4, 0.5) is 0 Å². The van der Waals surface area contributed by atoms with Crippen LogP contribution in [0.2, 0.25) is 0 Å². The molecule has 1 atom stereocenters. The Morgan fingerprint density at radius 2 is 1.50 bits per heavy atom. The Hall–Kier alpha value is -3.60. The van der Waals surface area contributed by atoms with Gasteiger partial charge in [0.1, 0.15) is 11.8 Å². The highest BCUT2D eigenvalue weighted by Gasteiger charge is 2.31. The fourth-order valence-corrected chi connectivity index (χ4v) is 3.67. The van der Waals surface area contributed by atoms with Gasteiger partial charge in [-0.1, -0.05) is 72.8 Å².